The fourth-order valence-corrected chi connectivity index (χ4v) is 2.72. The van der Waals surface area contributed by atoms with Gasteiger partial charge in [-0.25, -0.2) is 0 Å². The van der Waals surface area contributed by atoms with Crippen molar-refractivity contribution < 1.29 is 9.90 Å². The van der Waals surface area contributed by atoms with Gasteiger partial charge in [-0.1, -0.05) is 19.8 Å². The van der Waals surface area contributed by atoms with Crippen molar-refractivity contribution >= 4 is 5.91 Å². The van der Waals surface area contributed by atoms with Gasteiger partial charge in [-0.15, -0.1) is 0 Å². The van der Waals surface area contributed by atoms with Crippen LogP contribution < -0.4 is 5.32 Å². The van der Waals surface area contributed by atoms with Crippen LogP contribution >= 0.6 is 0 Å². The van der Waals surface area contributed by atoms with Crippen molar-refractivity contribution in [2.75, 3.05) is 6.54 Å². The zero-order chi connectivity index (χ0) is 13.2. The van der Waals surface area contributed by atoms with Crippen molar-refractivity contribution in [3.63, 3.8) is 0 Å². The molecule has 0 aromatic carbocycles. The van der Waals surface area contributed by atoms with E-state index in [0.29, 0.717) is 18.2 Å². The van der Waals surface area contributed by atoms with E-state index in [1.807, 2.05) is 0 Å². The molecule has 0 aliphatic heterocycles. The highest BCUT2D eigenvalue weighted by molar-refractivity contribution is 5.92. The smallest absolute Gasteiger partial charge is 0.269 e. The average molecular weight is 251 g/mol. The summed E-state index contributed by atoms with van der Waals surface area (Å²) < 4.78 is 1.53. The van der Waals surface area contributed by atoms with Crippen LogP contribution in [0.1, 0.15) is 43.1 Å². The molecule has 18 heavy (non-hydrogen) atoms. The van der Waals surface area contributed by atoms with Crippen LogP contribution in [0.5, 0.6) is 0 Å². The molecule has 1 fully saturated rings. The van der Waals surface area contributed by atoms with Gasteiger partial charge >= 0.3 is 0 Å². The molecule has 100 valence electrons. The minimum atomic E-state index is -0.744. The van der Waals surface area contributed by atoms with E-state index in [-0.39, 0.29) is 5.91 Å². The topological polar surface area (TPSA) is 67.2 Å². The largest absolute Gasteiger partial charge is 0.388 e. The Morgan fingerprint density at radius 1 is 1.72 bits per heavy atom. The van der Waals surface area contributed by atoms with Gasteiger partial charge in [0.25, 0.3) is 5.91 Å². The van der Waals surface area contributed by atoms with Crippen LogP contribution in [0.3, 0.4) is 0 Å². The lowest BCUT2D eigenvalue weighted by molar-refractivity contribution is -0.0110. The van der Waals surface area contributed by atoms with Crippen LogP contribution in [0.25, 0.3) is 0 Å². The number of aliphatic hydroxyl groups is 1. The molecular formula is C13H21N3O2. The third-order valence-electron chi connectivity index (χ3n) is 3.70. The normalized spacial score (nSPS) is 28.1. The molecule has 2 N–H and O–H groups in total. The van der Waals surface area contributed by atoms with Crippen molar-refractivity contribution in [2.24, 2.45) is 13.0 Å². The Kier molecular flexibility index (Phi) is 3.71. The molecule has 1 heterocycles. The first-order valence-corrected chi connectivity index (χ1v) is 6.49. The molecular weight excluding hydrogens is 230 g/mol. The Bertz CT molecular complexity index is 430. The number of rotatable bonds is 3. The van der Waals surface area contributed by atoms with Gasteiger partial charge in [0.2, 0.25) is 0 Å². The first-order chi connectivity index (χ1) is 8.50. The Labute approximate surface area is 107 Å². The van der Waals surface area contributed by atoms with Gasteiger partial charge in [0.1, 0.15) is 5.69 Å². The summed E-state index contributed by atoms with van der Waals surface area (Å²) in [5, 5.41) is 17.2. The van der Waals surface area contributed by atoms with Crippen molar-refractivity contribution in [1.29, 1.82) is 0 Å². The minimum Gasteiger partial charge on any atom is -0.388 e. The number of carbonyl (C=O) groups is 1. The molecule has 5 heteroatoms. The molecule has 1 saturated carbocycles. The number of hydrogen-bond acceptors (Lipinski definition) is 3. The molecule has 1 aliphatic rings. The second-order valence-electron chi connectivity index (χ2n) is 5.45. The van der Waals surface area contributed by atoms with Gasteiger partial charge in [-0.2, -0.15) is 5.10 Å². The predicted molar refractivity (Wildman–Crippen MR) is 68.1 cm³/mol. The maximum atomic E-state index is 11.9. The summed E-state index contributed by atoms with van der Waals surface area (Å²) in [5.74, 6) is 0.346. The molecule has 5 nitrogen and oxygen atoms in total. The zero-order valence-electron chi connectivity index (χ0n) is 11.0. The first kappa shape index (κ1) is 13.1. The monoisotopic (exact) mass is 251 g/mol. The molecule has 1 amide bonds. The van der Waals surface area contributed by atoms with E-state index in [2.05, 4.69) is 17.3 Å². The van der Waals surface area contributed by atoms with E-state index in [1.54, 1.807) is 19.3 Å². The van der Waals surface area contributed by atoms with E-state index >= 15 is 0 Å². The third kappa shape index (κ3) is 2.90. The Balaban J connectivity index is 1.91. The molecule has 2 atom stereocenters. The van der Waals surface area contributed by atoms with Crippen LogP contribution in [0.4, 0.5) is 0 Å². The summed E-state index contributed by atoms with van der Waals surface area (Å²) in [5.41, 5.74) is -0.228. The van der Waals surface area contributed by atoms with E-state index in [9.17, 15) is 9.90 Å². The van der Waals surface area contributed by atoms with Crippen LogP contribution in [-0.2, 0) is 7.05 Å². The van der Waals surface area contributed by atoms with Gasteiger partial charge in [0.05, 0.1) is 5.60 Å². The Hall–Kier alpha value is -1.36. The third-order valence-corrected chi connectivity index (χ3v) is 3.70. The summed E-state index contributed by atoms with van der Waals surface area (Å²) in [4.78, 5) is 11.9. The van der Waals surface area contributed by atoms with Gasteiger partial charge in [-0.05, 0) is 24.8 Å². The molecule has 0 spiro atoms. The standard InChI is InChI=1S/C13H21N3O2/c1-10-4-3-6-13(18,8-10)9-14-12(17)11-5-7-15-16(11)2/h5,7,10,18H,3-4,6,8-9H2,1-2H3,(H,14,17). The molecule has 0 radical (unpaired) electrons. The summed E-state index contributed by atoms with van der Waals surface area (Å²) in [6.07, 6.45) is 5.31. The van der Waals surface area contributed by atoms with E-state index < -0.39 is 5.60 Å². The van der Waals surface area contributed by atoms with Gasteiger partial charge < -0.3 is 10.4 Å². The highest BCUT2D eigenvalue weighted by Crippen LogP contribution is 2.31. The predicted octanol–water partition coefficient (Wildman–Crippen LogP) is 1.09. The van der Waals surface area contributed by atoms with Crippen LogP contribution in [0.15, 0.2) is 12.3 Å². The minimum absolute atomic E-state index is 0.179. The Morgan fingerprint density at radius 2 is 2.50 bits per heavy atom. The maximum Gasteiger partial charge on any atom is 0.269 e. The number of amides is 1. The first-order valence-electron chi connectivity index (χ1n) is 6.49. The number of aromatic nitrogens is 2. The number of hydrogen-bond donors (Lipinski definition) is 2. The van der Waals surface area contributed by atoms with Crippen LogP contribution in [0.2, 0.25) is 0 Å². The highest BCUT2D eigenvalue weighted by Gasteiger charge is 2.33. The number of aryl methyl sites for hydroxylation is 1. The fourth-order valence-electron chi connectivity index (χ4n) is 2.72. The summed E-state index contributed by atoms with van der Waals surface area (Å²) in [7, 11) is 1.73. The summed E-state index contributed by atoms with van der Waals surface area (Å²) >= 11 is 0. The van der Waals surface area contributed by atoms with Crippen LogP contribution in [0, 0.1) is 5.92 Å². The summed E-state index contributed by atoms with van der Waals surface area (Å²) in [6.45, 7) is 2.47. The molecule has 0 saturated heterocycles. The second kappa shape index (κ2) is 5.10. The molecule has 2 unspecified atom stereocenters. The SMILES string of the molecule is CC1CCCC(O)(CNC(=O)c2ccnn2C)C1. The molecule has 2 rings (SSSR count). The van der Waals surface area contributed by atoms with Crippen molar-refractivity contribution in [1.82, 2.24) is 15.1 Å². The molecule has 1 aromatic heterocycles. The number of carbonyl (C=O) groups excluding carboxylic acids is 1. The second-order valence-corrected chi connectivity index (χ2v) is 5.45. The van der Waals surface area contributed by atoms with E-state index in [1.165, 1.54) is 4.68 Å². The maximum absolute atomic E-state index is 11.9. The lowest BCUT2D eigenvalue weighted by Gasteiger charge is -2.35. The average Bonchev–Trinajstić information content (AvgIpc) is 2.72. The van der Waals surface area contributed by atoms with Gasteiger partial charge in [-0.3, -0.25) is 9.48 Å². The quantitative estimate of drug-likeness (QED) is 0.845. The van der Waals surface area contributed by atoms with Gasteiger partial charge in [0, 0.05) is 19.8 Å². The van der Waals surface area contributed by atoms with E-state index in [0.717, 1.165) is 25.7 Å². The van der Waals surface area contributed by atoms with Gasteiger partial charge in [0.15, 0.2) is 0 Å². The van der Waals surface area contributed by atoms with Crippen molar-refractivity contribution in [3.05, 3.63) is 18.0 Å². The highest BCUT2D eigenvalue weighted by atomic mass is 16.3. The lowest BCUT2D eigenvalue weighted by Crippen LogP contribution is -2.46. The molecule has 1 aromatic rings. The van der Waals surface area contributed by atoms with Crippen molar-refractivity contribution in [2.45, 2.75) is 38.2 Å². The van der Waals surface area contributed by atoms with Crippen molar-refractivity contribution in [3.8, 4) is 0 Å². The number of nitrogens with zero attached hydrogens (tertiary/aromatic N) is 2. The summed E-state index contributed by atoms with van der Waals surface area (Å²) in [6, 6.07) is 1.67. The van der Waals surface area contributed by atoms with Crippen LogP contribution in [-0.4, -0.2) is 32.9 Å². The van der Waals surface area contributed by atoms with E-state index in [4.69, 9.17) is 0 Å². The zero-order valence-corrected chi connectivity index (χ0v) is 11.0. The molecule has 1 aliphatic carbocycles. The lowest BCUT2D eigenvalue weighted by atomic mass is 9.79. The fraction of sp³-hybridized carbons (Fsp3) is 0.692. The Morgan fingerprint density at radius 3 is 3.11 bits per heavy atom. The molecule has 0 bridgehead atoms. The number of nitrogens with one attached hydrogen (secondary N) is 1.